The molecule has 0 saturated heterocycles. The molecule has 0 bridgehead atoms. The van der Waals surface area contributed by atoms with Gasteiger partial charge in [0.15, 0.2) is 6.04 Å². The van der Waals surface area contributed by atoms with Crippen LogP contribution in [0.3, 0.4) is 0 Å². The van der Waals surface area contributed by atoms with E-state index in [-0.39, 0.29) is 0 Å². The van der Waals surface area contributed by atoms with Crippen LogP contribution in [0.2, 0.25) is 0 Å². The summed E-state index contributed by atoms with van der Waals surface area (Å²) in [6.07, 6.45) is 1.87. The molecular weight excluding hydrogens is 144 g/mol. The summed E-state index contributed by atoms with van der Waals surface area (Å²) in [5.74, 6) is -0.409. The molecule has 0 heterocycles. The second kappa shape index (κ2) is 5.82. The van der Waals surface area contributed by atoms with Gasteiger partial charge in [-0.1, -0.05) is 13.3 Å². The van der Waals surface area contributed by atoms with Gasteiger partial charge in [0.1, 0.15) is 0 Å². The Hall–Kier alpha value is -0.930. The summed E-state index contributed by atoms with van der Waals surface area (Å²) in [7, 11) is 0. The molecular formula is C7H14N2O2. The van der Waals surface area contributed by atoms with Crippen molar-refractivity contribution >= 4 is 5.97 Å². The van der Waals surface area contributed by atoms with E-state index in [9.17, 15) is 4.79 Å². The largest absolute Gasteiger partial charge is 0.464 e. The number of carbonyl (C=O) groups excluding carboxylic acids is 1. The smallest absolute Gasteiger partial charge is 0.332 e. The van der Waals surface area contributed by atoms with E-state index in [4.69, 9.17) is 10.3 Å². The molecule has 0 rings (SSSR count). The highest BCUT2D eigenvalue weighted by Crippen LogP contribution is 1.95. The number of nitrogens with zero attached hydrogens (tertiary/aromatic N) is 1. The van der Waals surface area contributed by atoms with Crippen LogP contribution in [-0.2, 0) is 9.53 Å². The third-order valence-corrected chi connectivity index (χ3v) is 1.28. The molecule has 0 aromatic carbocycles. The summed E-state index contributed by atoms with van der Waals surface area (Å²) in [6, 6.07) is -0.646. The van der Waals surface area contributed by atoms with Crippen LogP contribution in [0.4, 0.5) is 0 Å². The van der Waals surface area contributed by atoms with E-state index in [0.29, 0.717) is 6.61 Å². The molecule has 0 amide bonds. The molecule has 64 valence electrons. The molecule has 0 unspecified atom stereocenters. The minimum Gasteiger partial charge on any atom is -0.464 e. The summed E-state index contributed by atoms with van der Waals surface area (Å²) in [4.78, 5) is 10.8. The van der Waals surface area contributed by atoms with Crippen LogP contribution >= 0.6 is 0 Å². The summed E-state index contributed by atoms with van der Waals surface area (Å²) in [6.45, 7) is 4.00. The Balaban J connectivity index is 3.44. The topological polar surface area (TPSA) is 62.5 Å². The zero-order valence-corrected chi connectivity index (χ0v) is 6.96. The average Bonchev–Trinajstić information content (AvgIpc) is 2.03. The third kappa shape index (κ3) is 4.47. The Labute approximate surface area is 66.4 Å². The lowest BCUT2D eigenvalue weighted by molar-refractivity contribution is -0.144. The van der Waals surface area contributed by atoms with Gasteiger partial charge in [-0.15, -0.1) is 0 Å². The van der Waals surface area contributed by atoms with Crippen LogP contribution in [0.15, 0.2) is 5.11 Å². The van der Waals surface area contributed by atoms with E-state index in [1.54, 1.807) is 6.92 Å². The third-order valence-electron chi connectivity index (χ3n) is 1.28. The van der Waals surface area contributed by atoms with Gasteiger partial charge in [0.05, 0.1) is 6.61 Å². The molecule has 4 heteroatoms. The molecule has 0 aromatic heterocycles. The van der Waals surface area contributed by atoms with Gasteiger partial charge in [0.25, 0.3) is 0 Å². The van der Waals surface area contributed by atoms with Crippen LogP contribution in [-0.4, -0.2) is 18.6 Å². The van der Waals surface area contributed by atoms with Crippen LogP contribution in [0, 0.1) is 5.53 Å². The van der Waals surface area contributed by atoms with Crippen LogP contribution in [0.5, 0.6) is 0 Å². The fourth-order valence-electron chi connectivity index (χ4n) is 0.490. The highest BCUT2D eigenvalue weighted by atomic mass is 16.5. The molecule has 0 radical (unpaired) electrons. The first kappa shape index (κ1) is 10.1. The van der Waals surface area contributed by atoms with E-state index in [0.717, 1.165) is 12.8 Å². The summed E-state index contributed by atoms with van der Waals surface area (Å²) in [5.41, 5.74) is 6.54. The van der Waals surface area contributed by atoms with Crippen molar-refractivity contribution in [3.63, 3.8) is 0 Å². The molecule has 0 saturated carbocycles. The van der Waals surface area contributed by atoms with Gasteiger partial charge in [0, 0.05) is 0 Å². The van der Waals surface area contributed by atoms with E-state index in [1.807, 2.05) is 6.92 Å². The second-order valence-corrected chi connectivity index (χ2v) is 2.33. The van der Waals surface area contributed by atoms with Gasteiger partial charge in [-0.3, -0.25) is 0 Å². The highest BCUT2D eigenvalue weighted by Gasteiger charge is 2.11. The van der Waals surface area contributed by atoms with Crippen LogP contribution in [0.1, 0.15) is 26.7 Å². The van der Waals surface area contributed by atoms with Crippen molar-refractivity contribution in [1.29, 1.82) is 5.53 Å². The molecule has 0 aliphatic rings. The second-order valence-electron chi connectivity index (χ2n) is 2.33. The fourth-order valence-corrected chi connectivity index (χ4v) is 0.490. The first-order chi connectivity index (χ1) is 5.22. The normalized spacial score (nSPS) is 12.2. The Morgan fingerprint density at radius 3 is 2.82 bits per heavy atom. The molecule has 11 heavy (non-hydrogen) atoms. The number of unbranched alkanes of at least 4 members (excludes halogenated alkanes) is 1. The van der Waals surface area contributed by atoms with Crippen molar-refractivity contribution in [2.45, 2.75) is 32.7 Å². The molecule has 0 spiro atoms. The number of rotatable bonds is 5. The molecule has 4 nitrogen and oxygen atoms in total. The van der Waals surface area contributed by atoms with Crippen molar-refractivity contribution < 1.29 is 9.53 Å². The maximum atomic E-state index is 10.8. The number of ether oxygens (including phenoxy) is 1. The molecule has 0 aliphatic carbocycles. The number of carbonyl (C=O) groups is 1. The SMILES string of the molecule is CCCCOC(=O)[C@@H](C)N=N. The van der Waals surface area contributed by atoms with E-state index in [1.165, 1.54) is 0 Å². The van der Waals surface area contributed by atoms with Crippen LogP contribution in [0.25, 0.3) is 0 Å². The quantitative estimate of drug-likeness (QED) is 0.376. The van der Waals surface area contributed by atoms with Gasteiger partial charge < -0.3 is 4.74 Å². The van der Waals surface area contributed by atoms with Crippen LogP contribution < -0.4 is 0 Å². The predicted molar refractivity (Wildman–Crippen MR) is 40.5 cm³/mol. The zero-order chi connectivity index (χ0) is 8.69. The first-order valence-corrected chi connectivity index (χ1v) is 3.75. The molecule has 0 aliphatic heterocycles. The molecule has 1 atom stereocenters. The van der Waals surface area contributed by atoms with Gasteiger partial charge in [-0.05, 0) is 13.3 Å². The molecule has 1 N–H and O–H groups in total. The highest BCUT2D eigenvalue weighted by molar-refractivity contribution is 5.75. The maximum Gasteiger partial charge on any atom is 0.332 e. The number of hydrogen-bond donors (Lipinski definition) is 1. The van der Waals surface area contributed by atoms with Crippen molar-refractivity contribution in [1.82, 2.24) is 0 Å². The van der Waals surface area contributed by atoms with Crippen molar-refractivity contribution in [3.8, 4) is 0 Å². The van der Waals surface area contributed by atoms with E-state index >= 15 is 0 Å². The summed E-state index contributed by atoms with van der Waals surface area (Å²) < 4.78 is 4.78. The fraction of sp³-hybridized carbons (Fsp3) is 0.857. The summed E-state index contributed by atoms with van der Waals surface area (Å²) >= 11 is 0. The van der Waals surface area contributed by atoms with Crippen molar-refractivity contribution in [2.75, 3.05) is 6.61 Å². The number of nitrogens with one attached hydrogen (secondary N) is 1. The summed E-state index contributed by atoms with van der Waals surface area (Å²) in [5, 5.41) is 3.04. The van der Waals surface area contributed by atoms with Gasteiger partial charge >= 0.3 is 5.97 Å². The number of esters is 1. The Bertz CT molecular complexity index is 136. The zero-order valence-electron chi connectivity index (χ0n) is 6.96. The molecule has 0 aromatic rings. The predicted octanol–water partition coefficient (Wildman–Crippen LogP) is 1.75. The lowest BCUT2D eigenvalue weighted by atomic mass is 10.3. The standard InChI is InChI=1S/C7H14N2O2/c1-3-4-5-11-7(10)6(2)9-8/h6,8H,3-5H2,1-2H3/t6-/m1/s1. The van der Waals surface area contributed by atoms with E-state index in [2.05, 4.69) is 5.11 Å². The number of hydrogen-bond acceptors (Lipinski definition) is 4. The van der Waals surface area contributed by atoms with Gasteiger partial charge in [0.2, 0.25) is 0 Å². The minimum atomic E-state index is -0.646. The first-order valence-electron chi connectivity index (χ1n) is 3.75. The van der Waals surface area contributed by atoms with E-state index < -0.39 is 12.0 Å². The van der Waals surface area contributed by atoms with Gasteiger partial charge in [-0.25, -0.2) is 10.3 Å². The van der Waals surface area contributed by atoms with Gasteiger partial charge in [-0.2, -0.15) is 5.11 Å². The molecule has 0 fully saturated rings. The lowest BCUT2D eigenvalue weighted by Crippen LogP contribution is -2.17. The van der Waals surface area contributed by atoms with Crippen molar-refractivity contribution in [3.05, 3.63) is 0 Å². The Morgan fingerprint density at radius 2 is 2.36 bits per heavy atom. The van der Waals surface area contributed by atoms with Crippen molar-refractivity contribution in [2.24, 2.45) is 5.11 Å². The minimum absolute atomic E-state index is 0.409. The monoisotopic (exact) mass is 158 g/mol. The Kier molecular flexibility index (Phi) is 5.33. The Morgan fingerprint density at radius 1 is 1.73 bits per heavy atom. The maximum absolute atomic E-state index is 10.8. The lowest BCUT2D eigenvalue weighted by Gasteiger charge is -2.04. The average molecular weight is 158 g/mol.